The van der Waals surface area contributed by atoms with Gasteiger partial charge in [0.05, 0.1) is 19.0 Å². The Balaban J connectivity index is 2.25. The second-order valence-electron chi connectivity index (χ2n) is 4.68. The number of aliphatic hydroxyl groups excluding tert-OH is 1. The Hall–Kier alpha value is -1.68. The number of amides is 1. The third-order valence-corrected chi connectivity index (χ3v) is 3.26. The van der Waals surface area contributed by atoms with E-state index in [-0.39, 0.29) is 37.3 Å². The molecule has 1 aliphatic rings. The Morgan fingerprint density at radius 2 is 1.94 bits per heavy atom. The van der Waals surface area contributed by atoms with Crippen molar-refractivity contribution in [1.82, 2.24) is 4.90 Å². The van der Waals surface area contributed by atoms with Gasteiger partial charge in [0.15, 0.2) is 5.78 Å². The van der Waals surface area contributed by atoms with Crippen molar-refractivity contribution in [1.29, 1.82) is 0 Å². The van der Waals surface area contributed by atoms with E-state index >= 15 is 0 Å². The van der Waals surface area contributed by atoms with Gasteiger partial charge in [-0.2, -0.15) is 0 Å². The fourth-order valence-electron chi connectivity index (χ4n) is 2.30. The van der Waals surface area contributed by atoms with E-state index < -0.39 is 0 Å². The summed E-state index contributed by atoms with van der Waals surface area (Å²) >= 11 is 0. The minimum Gasteiger partial charge on any atom is -0.396 e. The van der Waals surface area contributed by atoms with Gasteiger partial charge >= 0.3 is 0 Å². The minimum absolute atomic E-state index is 0.00346. The minimum atomic E-state index is -0.199. The van der Waals surface area contributed by atoms with Crippen LogP contribution in [0.15, 0.2) is 24.3 Å². The van der Waals surface area contributed by atoms with Crippen LogP contribution in [-0.2, 0) is 9.59 Å². The summed E-state index contributed by atoms with van der Waals surface area (Å²) in [6.07, 6.45) is 0.454. The van der Waals surface area contributed by atoms with Gasteiger partial charge in [-0.15, -0.1) is 0 Å². The van der Waals surface area contributed by atoms with E-state index in [1.165, 1.54) is 0 Å². The largest absolute Gasteiger partial charge is 0.396 e. The molecule has 1 unspecified atom stereocenters. The molecule has 4 heteroatoms. The normalized spacial score (nSPS) is 17.3. The van der Waals surface area contributed by atoms with E-state index in [1.807, 2.05) is 31.2 Å². The predicted octanol–water partition coefficient (Wildman–Crippen LogP) is 1.22. The van der Waals surface area contributed by atoms with Gasteiger partial charge in [-0.25, -0.2) is 0 Å². The van der Waals surface area contributed by atoms with Crippen molar-refractivity contribution in [2.45, 2.75) is 25.8 Å². The van der Waals surface area contributed by atoms with Crippen LogP contribution in [0.1, 0.15) is 30.0 Å². The number of carbonyl (C=O) groups excluding carboxylic acids is 2. The van der Waals surface area contributed by atoms with Crippen LogP contribution in [0.3, 0.4) is 0 Å². The molecule has 0 spiro atoms. The second kappa shape index (κ2) is 5.31. The molecule has 0 bridgehead atoms. The molecule has 1 atom stereocenters. The number of benzene rings is 1. The molecule has 2 rings (SSSR count). The number of carbonyl (C=O) groups is 2. The molecule has 1 aromatic carbocycles. The molecule has 1 fully saturated rings. The number of rotatable bonds is 4. The number of likely N-dealkylation sites (tertiary alicyclic amines) is 1. The van der Waals surface area contributed by atoms with Crippen LogP contribution in [0, 0.1) is 6.92 Å². The van der Waals surface area contributed by atoms with Crippen molar-refractivity contribution >= 4 is 11.7 Å². The summed E-state index contributed by atoms with van der Waals surface area (Å²) in [5, 5.41) is 9.14. The van der Waals surface area contributed by atoms with E-state index in [0.717, 1.165) is 11.1 Å². The zero-order valence-electron chi connectivity index (χ0n) is 10.4. The van der Waals surface area contributed by atoms with Crippen LogP contribution in [0.2, 0.25) is 0 Å². The maximum Gasteiger partial charge on any atom is 0.231 e. The standard InChI is InChI=1S/C14H17NO3/c1-10-2-4-11(5-3-10)13(6-7-16)15-9-12(17)8-14(15)18/h2-5,13,16H,6-9H2,1H3. The van der Waals surface area contributed by atoms with Crippen LogP contribution in [0.4, 0.5) is 0 Å². The maximum atomic E-state index is 11.8. The highest BCUT2D eigenvalue weighted by Gasteiger charge is 2.33. The smallest absolute Gasteiger partial charge is 0.231 e. The highest BCUT2D eigenvalue weighted by atomic mass is 16.3. The fraction of sp³-hybridized carbons (Fsp3) is 0.429. The Morgan fingerprint density at radius 3 is 2.44 bits per heavy atom. The maximum absolute atomic E-state index is 11.8. The van der Waals surface area contributed by atoms with Gasteiger partial charge in [0, 0.05) is 6.61 Å². The van der Waals surface area contributed by atoms with E-state index in [0.29, 0.717) is 6.42 Å². The van der Waals surface area contributed by atoms with Crippen molar-refractivity contribution in [3.05, 3.63) is 35.4 Å². The molecule has 1 amide bonds. The molecule has 18 heavy (non-hydrogen) atoms. The Labute approximate surface area is 106 Å². The van der Waals surface area contributed by atoms with Crippen LogP contribution >= 0.6 is 0 Å². The van der Waals surface area contributed by atoms with Crippen LogP contribution in [0.25, 0.3) is 0 Å². The fourth-order valence-corrected chi connectivity index (χ4v) is 2.30. The number of nitrogens with zero attached hydrogens (tertiary/aromatic N) is 1. The lowest BCUT2D eigenvalue weighted by Crippen LogP contribution is -2.31. The molecular weight excluding hydrogens is 230 g/mol. The number of aliphatic hydroxyl groups is 1. The summed E-state index contributed by atoms with van der Waals surface area (Å²) in [5.41, 5.74) is 2.11. The molecule has 1 heterocycles. The number of hydrogen-bond acceptors (Lipinski definition) is 3. The van der Waals surface area contributed by atoms with E-state index in [4.69, 9.17) is 5.11 Å². The molecule has 0 radical (unpaired) electrons. The van der Waals surface area contributed by atoms with Gasteiger partial charge in [-0.3, -0.25) is 9.59 Å². The first-order valence-electron chi connectivity index (χ1n) is 6.10. The van der Waals surface area contributed by atoms with Crippen LogP contribution < -0.4 is 0 Å². The molecule has 4 nitrogen and oxygen atoms in total. The van der Waals surface area contributed by atoms with Gasteiger partial charge in [-0.05, 0) is 18.9 Å². The number of hydrogen-bond donors (Lipinski definition) is 1. The zero-order valence-corrected chi connectivity index (χ0v) is 10.4. The third-order valence-electron chi connectivity index (χ3n) is 3.26. The van der Waals surface area contributed by atoms with Gasteiger partial charge in [0.2, 0.25) is 5.91 Å². The lowest BCUT2D eigenvalue weighted by Gasteiger charge is -2.27. The Bertz CT molecular complexity index is 453. The van der Waals surface area contributed by atoms with Crippen molar-refractivity contribution in [2.24, 2.45) is 0 Å². The lowest BCUT2D eigenvalue weighted by molar-refractivity contribution is -0.130. The third kappa shape index (κ3) is 2.59. The summed E-state index contributed by atoms with van der Waals surface area (Å²) in [5.74, 6) is -0.186. The SMILES string of the molecule is Cc1ccc(C(CCO)N2CC(=O)CC2=O)cc1. The molecule has 0 aromatic heterocycles. The molecule has 1 aromatic rings. The predicted molar refractivity (Wildman–Crippen MR) is 67.0 cm³/mol. The van der Waals surface area contributed by atoms with Gasteiger partial charge in [-0.1, -0.05) is 29.8 Å². The highest BCUT2D eigenvalue weighted by Crippen LogP contribution is 2.27. The van der Waals surface area contributed by atoms with Gasteiger partial charge < -0.3 is 10.0 Å². The van der Waals surface area contributed by atoms with E-state index in [1.54, 1.807) is 4.90 Å². The monoisotopic (exact) mass is 247 g/mol. The summed E-state index contributed by atoms with van der Waals surface area (Å²) in [4.78, 5) is 24.7. The van der Waals surface area contributed by atoms with Crippen molar-refractivity contribution in [3.63, 3.8) is 0 Å². The highest BCUT2D eigenvalue weighted by molar-refractivity contribution is 6.05. The number of Topliss-reactive ketones (excluding diaryl/α,β-unsaturated/α-hetero) is 1. The molecule has 0 saturated carbocycles. The lowest BCUT2D eigenvalue weighted by atomic mass is 10.0. The van der Waals surface area contributed by atoms with Crippen molar-refractivity contribution < 1.29 is 14.7 Å². The summed E-state index contributed by atoms with van der Waals surface area (Å²) in [6, 6.07) is 7.65. The Kier molecular flexibility index (Phi) is 3.77. The first kappa shape index (κ1) is 12.8. The molecule has 1 N–H and O–H groups in total. The van der Waals surface area contributed by atoms with E-state index in [2.05, 4.69) is 0 Å². The first-order chi connectivity index (χ1) is 8.61. The Morgan fingerprint density at radius 1 is 1.28 bits per heavy atom. The van der Waals surface area contributed by atoms with Gasteiger partial charge in [0.25, 0.3) is 0 Å². The average Bonchev–Trinajstić information content (AvgIpc) is 2.67. The quantitative estimate of drug-likeness (QED) is 0.814. The van der Waals surface area contributed by atoms with Crippen LogP contribution in [-0.4, -0.2) is 34.8 Å². The molecular formula is C14H17NO3. The first-order valence-corrected chi connectivity index (χ1v) is 6.10. The molecule has 0 aliphatic carbocycles. The number of aryl methyl sites for hydroxylation is 1. The van der Waals surface area contributed by atoms with Gasteiger partial charge in [0.1, 0.15) is 0 Å². The molecule has 96 valence electrons. The topological polar surface area (TPSA) is 57.6 Å². The summed E-state index contributed by atoms with van der Waals surface area (Å²) in [6.45, 7) is 2.16. The summed E-state index contributed by atoms with van der Waals surface area (Å²) < 4.78 is 0. The summed E-state index contributed by atoms with van der Waals surface area (Å²) in [7, 11) is 0. The van der Waals surface area contributed by atoms with Crippen molar-refractivity contribution in [3.8, 4) is 0 Å². The zero-order chi connectivity index (χ0) is 13.1. The molecule has 1 aliphatic heterocycles. The average molecular weight is 247 g/mol. The number of ketones is 1. The second-order valence-corrected chi connectivity index (χ2v) is 4.68. The van der Waals surface area contributed by atoms with Crippen LogP contribution in [0.5, 0.6) is 0 Å². The molecule has 1 saturated heterocycles. The van der Waals surface area contributed by atoms with Crippen molar-refractivity contribution in [2.75, 3.05) is 13.2 Å². The van der Waals surface area contributed by atoms with E-state index in [9.17, 15) is 9.59 Å².